The quantitative estimate of drug-likeness (QED) is 0.581. The average Bonchev–Trinajstić information content (AvgIpc) is 2.25. The predicted octanol–water partition coefficient (Wildman–Crippen LogP) is 1.67. The fourth-order valence-corrected chi connectivity index (χ4v) is 2.80. The van der Waals surface area contributed by atoms with Crippen LogP contribution < -0.4 is 5.32 Å². The van der Waals surface area contributed by atoms with Gasteiger partial charge in [0.05, 0.1) is 5.75 Å². The Morgan fingerprint density at radius 1 is 1.50 bits per heavy atom. The third kappa shape index (κ3) is 4.37. The maximum atomic E-state index is 5.21. The van der Waals surface area contributed by atoms with Gasteiger partial charge in [-0.15, -0.1) is 18.2 Å². The highest BCUT2D eigenvalue weighted by atomic mass is 32.2. The van der Waals surface area contributed by atoms with E-state index in [1.165, 1.54) is 13.0 Å². The molecule has 1 aliphatic rings. The van der Waals surface area contributed by atoms with Crippen LogP contribution in [0.2, 0.25) is 0 Å². The monoisotopic (exact) mass is 240 g/mol. The number of rotatable bonds is 5. The molecule has 0 aliphatic carbocycles. The second-order valence-corrected chi connectivity index (χ2v) is 5.92. The van der Waals surface area contributed by atoms with E-state index in [1.807, 2.05) is 11.8 Å². The van der Waals surface area contributed by atoms with Crippen molar-refractivity contribution in [2.45, 2.75) is 32.4 Å². The highest BCUT2D eigenvalue weighted by Gasteiger charge is 2.27. The minimum atomic E-state index is 0.678. The summed E-state index contributed by atoms with van der Waals surface area (Å²) >= 11 is 1.84. The van der Waals surface area contributed by atoms with E-state index in [1.54, 1.807) is 0 Å². The molecule has 1 fully saturated rings. The average molecular weight is 240 g/mol. The van der Waals surface area contributed by atoms with Crippen LogP contribution in [0.1, 0.15) is 20.3 Å². The van der Waals surface area contributed by atoms with Gasteiger partial charge in [0.25, 0.3) is 0 Å². The number of hydrogen-bond acceptors (Lipinski definition) is 3. The summed E-state index contributed by atoms with van der Waals surface area (Å²) in [6.07, 6.45) is 6.47. The Labute approximate surface area is 105 Å². The summed E-state index contributed by atoms with van der Waals surface area (Å²) in [7, 11) is 2.22. The second-order valence-electron chi connectivity index (χ2n) is 4.82. The van der Waals surface area contributed by atoms with Crippen molar-refractivity contribution in [2.24, 2.45) is 5.92 Å². The predicted molar refractivity (Wildman–Crippen MR) is 73.8 cm³/mol. The maximum Gasteiger partial charge on any atom is 0.0545 e. The molecule has 3 atom stereocenters. The molecule has 0 bridgehead atoms. The summed E-state index contributed by atoms with van der Waals surface area (Å²) in [5.41, 5.74) is 0. The van der Waals surface area contributed by atoms with Crippen LogP contribution in [0.3, 0.4) is 0 Å². The van der Waals surface area contributed by atoms with Gasteiger partial charge < -0.3 is 10.2 Å². The van der Waals surface area contributed by atoms with Crippen molar-refractivity contribution in [1.29, 1.82) is 0 Å². The Hall–Kier alpha value is -0.170. The maximum absolute atomic E-state index is 5.21. The molecule has 1 aliphatic heterocycles. The number of nitrogens with one attached hydrogen (secondary N) is 1. The number of piperidine rings is 1. The Morgan fingerprint density at radius 2 is 2.25 bits per heavy atom. The van der Waals surface area contributed by atoms with E-state index in [4.69, 9.17) is 6.42 Å². The lowest BCUT2D eigenvalue weighted by Crippen LogP contribution is -2.51. The first-order valence-corrected chi connectivity index (χ1v) is 7.25. The van der Waals surface area contributed by atoms with Crippen molar-refractivity contribution < 1.29 is 0 Å². The van der Waals surface area contributed by atoms with Crippen molar-refractivity contribution in [3.8, 4) is 12.3 Å². The molecule has 16 heavy (non-hydrogen) atoms. The summed E-state index contributed by atoms with van der Waals surface area (Å²) in [6, 6.07) is 1.38. The van der Waals surface area contributed by atoms with Crippen molar-refractivity contribution in [3.63, 3.8) is 0 Å². The first kappa shape index (κ1) is 13.9. The van der Waals surface area contributed by atoms with Crippen LogP contribution in [0, 0.1) is 18.3 Å². The number of terminal acetylenes is 1. The zero-order chi connectivity index (χ0) is 12.0. The van der Waals surface area contributed by atoms with Crippen LogP contribution in [-0.2, 0) is 0 Å². The van der Waals surface area contributed by atoms with E-state index >= 15 is 0 Å². The third-order valence-electron chi connectivity index (χ3n) is 3.45. The summed E-state index contributed by atoms with van der Waals surface area (Å²) in [5.74, 6) is 5.36. The van der Waals surface area contributed by atoms with Gasteiger partial charge >= 0.3 is 0 Å². The molecule has 1 N–H and O–H groups in total. The molecular weight excluding hydrogens is 216 g/mol. The van der Waals surface area contributed by atoms with Gasteiger partial charge in [-0.3, -0.25) is 0 Å². The molecule has 3 heteroatoms. The lowest BCUT2D eigenvalue weighted by atomic mass is 9.90. The highest BCUT2D eigenvalue weighted by Crippen LogP contribution is 2.20. The van der Waals surface area contributed by atoms with Crippen molar-refractivity contribution in [2.75, 3.05) is 31.6 Å². The van der Waals surface area contributed by atoms with Gasteiger partial charge in [0.2, 0.25) is 0 Å². The fraction of sp³-hybridized carbons (Fsp3) is 0.846. The van der Waals surface area contributed by atoms with Crippen molar-refractivity contribution in [3.05, 3.63) is 0 Å². The molecule has 0 amide bonds. The minimum absolute atomic E-state index is 0.678. The Kier molecular flexibility index (Phi) is 6.26. The number of thioether (sulfide) groups is 1. The summed E-state index contributed by atoms with van der Waals surface area (Å²) in [5, 5.41) is 3.67. The molecular formula is C13H24N2S. The standard InChI is InChI=1S/C13H24N2S/c1-5-7-16-8-6-14-13-9-12(3)15(4)10-11(13)2/h1,11-14H,6-10H2,2-4H3. The molecule has 0 saturated carbocycles. The number of hydrogen-bond donors (Lipinski definition) is 1. The van der Waals surface area contributed by atoms with E-state index < -0.39 is 0 Å². The Balaban J connectivity index is 2.18. The van der Waals surface area contributed by atoms with E-state index in [2.05, 4.69) is 37.0 Å². The van der Waals surface area contributed by atoms with E-state index in [-0.39, 0.29) is 0 Å². The number of nitrogens with zero attached hydrogens (tertiary/aromatic N) is 1. The molecule has 2 nitrogen and oxygen atoms in total. The van der Waals surface area contributed by atoms with Gasteiger partial charge in [-0.05, 0) is 26.3 Å². The topological polar surface area (TPSA) is 15.3 Å². The van der Waals surface area contributed by atoms with Crippen LogP contribution in [0.25, 0.3) is 0 Å². The normalized spacial score (nSPS) is 31.2. The third-order valence-corrected chi connectivity index (χ3v) is 4.31. The van der Waals surface area contributed by atoms with Crippen LogP contribution in [-0.4, -0.2) is 48.6 Å². The molecule has 92 valence electrons. The van der Waals surface area contributed by atoms with Crippen molar-refractivity contribution >= 4 is 11.8 Å². The molecule has 1 saturated heterocycles. The Morgan fingerprint density at radius 3 is 2.94 bits per heavy atom. The largest absolute Gasteiger partial charge is 0.313 e. The first-order chi connectivity index (χ1) is 7.65. The molecule has 3 unspecified atom stereocenters. The van der Waals surface area contributed by atoms with Crippen LogP contribution in [0.5, 0.6) is 0 Å². The molecule has 0 aromatic carbocycles. The molecule has 0 aromatic heterocycles. The van der Waals surface area contributed by atoms with Gasteiger partial charge in [-0.2, -0.15) is 0 Å². The Bertz CT molecular complexity index is 237. The fourth-order valence-electron chi connectivity index (χ4n) is 2.27. The summed E-state index contributed by atoms with van der Waals surface area (Å²) in [4.78, 5) is 2.45. The highest BCUT2D eigenvalue weighted by molar-refractivity contribution is 7.99. The second kappa shape index (κ2) is 7.21. The first-order valence-electron chi connectivity index (χ1n) is 6.10. The van der Waals surface area contributed by atoms with Crippen LogP contribution in [0.4, 0.5) is 0 Å². The molecule has 0 spiro atoms. The molecule has 1 rings (SSSR count). The molecule has 1 heterocycles. The van der Waals surface area contributed by atoms with Crippen LogP contribution >= 0.6 is 11.8 Å². The van der Waals surface area contributed by atoms with Gasteiger partial charge in [-0.25, -0.2) is 0 Å². The number of likely N-dealkylation sites (tertiary alicyclic amines) is 1. The van der Waals surface area contributed by atoms with E-state index in [0.29, 0.717) is 12.1 Å². The summed E-state index contributed by atoms with van der Waals surface area (Å²) < 4.78 is 0. The van der Waals surface area contributed by atoms with Gasteiger partial charge in [-0.1, -0.05) is 12.8 Å². The lowest BCUT2D eigenvalue weighted by molar-refractivity contribution is 0.123. The van der Waals surface area contributed by atoms with Crippen LogP contribution in [0.15, 0.2) is 0 Å². The lowest BCUT2D eigenvalue weighted by Gasteiger charge is -2.40. The van der Waals surface area contributed by atoms with E-state index in [9.17, 15) is 0 Å². The molecule has 0 aromatic rings. The van der Waals surface area contributed by atoms with Crippen molar-refractivity contribution in [1.82, 2.24) is 10.2 Å². The van der Waals surface area contributed by atoms with E-state index in [0.717, 1.165) is 24.0 Å². The van der Waals surface area contributed by atoms with Gasteiger partial charge in [0.1, 0.15) is 0 Å². The van der Waals surface area contributed by atoms with Gasteiger partial charge in [0, 0.05) is 30.9 Å². The molecule has 0 radical (unpaired) electrons. The zero-order valence-corrected chi connectivity index (χ0v) is 11.5. The zero-order valence-electron chi connectivity index (χ0n) is 10.7. The smallest absolute Gasteiger partial charge is 0.0545 e. The van der Waals surface area contributed by atoms with Gasteiger partial charge in [0.15, 0.2) is 0 Å². The minimum Gasteiger partial charge on any atom is -0.313 e. The summed E-state index contributed by atoms with van der Waals surface area (Å²) in [6.45, 7) is 6.94. The SMILES string of the molecule is C#CCSCCNC1CC(C)N(C)CC1C.